The number of nitrogens with one attached hydrogen (secondary N) is 9. The highest BCUT2D eigenvalue weighted by molar-refractivity contribution is 6.00. The van der Waals surface area contributed by atoms with E-state index in [1.165, 1.54) is 18.2 Å². The number of nitrogens with zero attached hydrogens (tertiary/aromatic N) is 2. The van der Waals surface area contributed by atoms with Gasteiger partial charge in [-0.05, 0) is 96.1 Å². The zero-order chi connectivity index (χ0) is 63.0. The van der Waals surface area contributed by atoms with E-state index in [1.807, 2.05) is 10.6 Å². The van der Waals surface area contributed by atoms with Crippen LogP contribution in [0.15, 0.2) is 46.8 Å². The summed E-state index contributed by atoms with van der Waals surface area (Å²) in [6, 6.07) is -17.1. The molecule has 1 aliphatic carbocycles. The van der Waals surface area contributed by atoms with Gasteiger partial charge in [0.05, 0.1) is 36.5 Å². The van der Waals surface area contributed by atoms with Crippen LogP contribution in [-0.4, -0.2) is 237 Å². The highest BCUT2D eigenvalue weighted by Crippen LogP contribution is 2.34. The average Bonchev–Trinajstić information content (AvgIpc) is 1.49. The summed E-state index contributed by atoms with van der Waals surface area (Å²) in [5.41, 5.74) is 11.6. The van der Waals surface area contributed by atoms with Gasteiger partial charge in [-0.3, -0.25) is 57.9 Å². The zero-order valence-corrected chi connectivity index (χ0v) is 45.7. The average molecular weight is 1200 g/mol. The SMILES string of the molecule is CC(O)C(NC(=O)C(CCCCN)NC(=O)C(CC(=O)O)NC(=O)[C@@H]1CCN2C(=C(NC(=O)CCC(N)C(=O)O)C=C3C=C(O)C(O)=CC32)N1)C(=O)NC(C(=O)NC(C(=O)NC(C(=O)NC1CCCN(O)C1=O)C(C)O)C(C)O)C(O)C(=O)O. The molecular formula is C49H73N13O22. The molecule has 0 bridgehead atoms. The van der Waals surface area contributed by atoms with Gasteiger partial charge in [0.25, 0.3) is 5.91 Å². The third-order valence-electron chi connectivity index (χ3n) is 13.6. The maximum atomic E-state index is 14.0. The first kappa shape index (κ1) is 68.0. The number of carboxylic acids is 3. The van der Waals surface area contributed by atoms with Crippen LogP contribution in [0, 0.1) is 0 Å². The molecule has 3 heterocycles. The van der Waals surface area contributed by atoms with Crippen molar-refractivity contribution in [2.45, 2.75) is 163 Å². The van der Waals surface area contributed by atoms with Crippen LogP contribution < -0.4 is 59.3 Å². The number of carbonyl (C=O) groups is 12. The van der Waals surface area contributed by atoms with E-state index in [4.69, 9.17) is 11.5 Å². The Morgan fingerprint density at radius 2 is 1.24 bits per heavy atom. The number of hydrogen-bond acceptors (Lipinski definition) is 23. The summed E-state index contributed by atoms with van der Waals surface area (Å²) in [6.45, 7) is 2.98. The minimum absolute atomic E-state index is 0.00712. The van der Waals surface area contributed by atoms with Crippen LogP contribution in [0.5, 0.6) is 0 Å². The highest BCUT2D eigenvalue weighted by atomic mass is 16.5. The monoisotopic (exact) mass is 1200 g/mol. The standard InChI is InChI=1S/C49H73N13O22/c1-19(63)34(43(75)55-26-8-6-13-62(84)47(26)79)58-44(76)36(21(3)65)59-46(78)37(38(71)49(82)83)60-45(77)35(20(2)64)57-41(73)24(7-4-5-12-50)54-42(74)28(17-33(69)70)56-40(72)25-11-14-61-29-18-31(67)30(66)16-22(29)15-27(39(61)53-25)52-32(68)10-9-23(51)48(80)81/h15-16,18-21,23-26,28-29,34-38,53,63-67,71,84H,4-14,17,50-51H2,1-3H3,(H,52,68)(H,54,74)(H,55,75)(H,56,72)(H,57,73)(H,58,76)(H,59,78)(H,60,77)(H,69,70)(H,80,81)(H,82,83)/t19?,20?,21?,23?,24?,25-,26?,28?,29?,34?,35?,36?,37?,38?/m0/s1. The number of aliphatic hydroxyl groups is 6. The Balaban J connectivity index is 1.53. The molecule has 23 N–H and O–H groups in total. The Morgan fingerprint density at radius 3 is 1.80 bits per heavy atom. The molecule has 13 unspecified atom stereocenters. The molecule has 0 radical (unpaired) electrons. The van der Waals surface area contributed by atoms with E-state index >= 15 is 0 Å². The van der Waals surface area contributed by atoms with Crippen LogP contribution in [0.25, 0.3) is 0 Å². The Kier molecular flexibility index (Phi) is 24.9. The van der Waals surface area contributed by atoms with Crippen LogP contribution in [0.1, 0.15) is 78.6 Å². The number of rotatable bonds is 30. The molecule has 9 amide bonds. The van der Waals surface area contributed by atoms with Gasteiger partial charge in [0.15, 0.2) is 17.6 Å². The van der Waals surface area contributed by atoms with Crippen molar-refractivity contribution in [1.29, 1.82) is 0 Å². The summed E-state index contributed by atoms with van der Waals surface area (Å²) in [6.07, 6.45) is -5.90. The predicted molar refractivity (Wildman–Crippen MR) is 282 cm³/mol. The van der Waals surface area contributed by atoms with E-state index < -0.39 is 174 Å². The molecule has 4 aliphatic rings. The molecule has 14 atom stereocenters. The van der Waals surface area contributed by atoms with E-state index in [1.54, 1.807) is 4.90 Å². The summed E-state index contributed by atoms with van der Waals surface area (Å²) < 4.78 is 0. The quantitative estimate of drug-likeness (QED) is 0.0235. The normalized spacial score (nSPS) is 21.4. The van der Waals surface area contributed by atoms with Gasteiger partial charge in [0, 0.05) is 19.5 Å². The van der Waals surface area contributed by atoms with Crippen molar-refractivity contribution < 1.29 is 109 Å². The van der Waals surface area contributed by atoms with Crippen LogP contribution >= 0.6 is 0 Å². The molecule has 0 aromatic carbocycles. The lowest BCUT2D eigenvalue weighted by atomic mass is 9.92. The van der Waals surface area contributed by atoms with Gasteiger partial charge in [-0.2, -0.15) is 0 Å². The number of hydroxylamine groups is 2. The number of carboxylic acid groups (broad SMARTS) is 3. The molecule has 0 aromatic heterocycles. The minimum Gasteiger partial charge on any atom is -0.504 e. The number of fused-ring (bicyclic) bond motifs is 3. The van der Waals surface area contributed by atoms with Gasteiger partial charge < -0.3 is 110 Å². The number of aliphatic carboxylic acids is 3. The summed E-state index contributed by atoms with van der Waals surface area (Å²) in [5.74, 6) is -16.9. The number of nitrogens with two attached hydrogens (primary N) is 2. The fourth-order valence-electron chi connectivity index (χ4n) is 8.98. The number of carbonyl (C=O) groups excluding carboxylic acids is 9. The van der Waals surface area contributed by atoms with Crippen LogP contribution in [0.3, 0.4) is 0 Å². The zero-order valence-electron chi connectivity index (χ0n) is 45.7. The Morgan fingerprint density at radius 1 is 0.679 bits per heavy atom. The largest absolute Gasteiger partial charge is 0.504 e. The Bertz CT molecular complexity index is 2660. The number of hydrogen-bond donors (Lipinski definition) is 21. The summed E-state index contributed by atoms with van der Waals surface area (Å²) in [7, 11) is 0. The van der Waals surface area contributed by atoms with Gasteiger partial charge >= 0.3 is 17.9 Å². The topological polar surface area (TPSA) is 574 Å². The fraction of sp³-hybridized carbons (Fsp3) is 0.592. The molecule has 0 aromatic rings. The smallest absolute Gasteiger partial charge is 0.335 e. The van der Waals surface area contributed by atoms with Gasteiger partial charge in [0.2, 0.25) is 47.3 Å². The third kappa shape index (κ3) is 18.5. The van der Waals surface area contributed by atoms with Crippen molar-refractivity contribution in [3.63, 3.8) is 0 Å². The molecule has 4 rings (SSSR count). The van der Waals surface area contributed by atoms with Gasteiger partial charge in [0.1, 0.15) is 60.2 Å². The summed E-state index contributed by atoms with van der Waals surface area (Å²) in [4.78, 5) is 159. The van der Waals surface area contributed by atoms with Crippen LogP contribution in [0.4, 0.5) is 0 Å². The van der Waals surface area contributed by atoms with Crippen molar-refractivity contribution in [2.75, 3.05) is 19.6 Å². The Hall–Kier alpha value is -8.48. The number of piperidine rings is 1. The van der Waals surface area contributed by atoms with Crippen molar-refractivity contribution in [1.82, 2.24) is 57.8 Å². The van der Waals surface area contributed by atoms with Crippen molar-refractivity contribution in [3.8, 4) is 0 Å². The molecule has 3 aliphatic heterocycles. The minimum atomic E-state index is -2.86. The molecule has 2 saturated heterocycles. The lowest BCUT2D eigenvalue weighted by molar-refractivity contribution is -0.173. The van der Waals surface area contributed by atoms with E-state index in [-0.39, 0.29) is 82.5 Å². The number of amides is 9. The van der Waals surface area contributed by atoms with E-state index in [9.17, 15) is 109 Å². The summed E-state index contributed by atoms with van der Waals surface area (Å²) in [5, 5.41) is 122. The van der Waals surface area contributed by atoms with Gasteiger partial charge in [-0.25, -0.2) is 9.86 Å². The first-order valence-corrected chi connectivity index (χ1v) is 26.5. The second-order valence-corrected chi connectivity index (χ2v) is 20.3. The molecule has 0 spiro atoms. The lowest BCUT2D eigenvalue weighted by Gasteiger charge is -2.45. The third-order valence-corrected chi connectivity index (χ3v) is 13.6. The number of allylic oxidation sites excluding steroid dienone is 1. The Labute approximate surface area is 477 Å². The second kappa shape index (κ2) is 30.7. The number of aliphatic hydroxyl groups excluding tert-OH is 6. The molecule has 35 heteroatoms. The first-order chi connectivity index (χ1) is 39.4. The van der Waals surface area contributed by atoms with E-state index in [2.05, 4.69) is 37.2 Å². The molecule has 0 saturated carbocycles. The molecule has 466 valence electrons. The molecule has 84 heavy (non-hydrogen) atoms. The molecule has 35 nitrogen and oxygen atoms in total. The van der Waals surface area contributed by atoms with Gasteiger partial charge in [-0.1, -0.05) is 0 Å². The molecule has 2 fully saturated rings. The van der Waals surface area contributed by atoms with Crippen LogP contribution in [0.2, 0.25) is 0 Å². The maximum Gasteiger partial charge on any atom is 0.335 e. The summed E-state index contributed by atoms with van der Waals surface area (Å²) >= 11 is 0. The lowest BCUT2D eigenvalue weighted by Crippen LogP contribution is -2.66. The predicted octanol–water partition coefficient (Wildman–Crippen LogP) is -8.07. The van der Waals surface area contributed by atoms with Gasteiger partial charge in [-0.15, -0.1) is 0 Å². The number of unbranched alkanes of at least 4 members (excludes halogenated alkanes) is 1. The second-order valence-electron chi connectivity index (χ2n) is 20.3. The maximum absolute atomic E-state index is 14.0. The highest BCUT2D eigenvalue weighted by Gasteiger charge is 2.43. The van der Waals surface area contributed by atoms with E-state index in [0.29, 0.717) is 10.6 Å². The van der Waals surface area contributed by atoms with Crippen molar-refractivity contribution >= 4 is 71.1 Å². The first-order valence-electron chi connectivity index (χ1n) is 26.5. The molecular weight excluding hydrogens is 1120 g/mol. The fourth-order valence-corrected chi connectivity index (χ4v) is 8.98. The van der Waals surface area contributed by atoms with E-state index in [0.717, 1.165) is 20.8 Å². The van der Waals surface area contributed by atoms with Crippen LogP contribution in [-0.2, 0) is 57.5 Å². The van der Waals surface area contributed by atoms with Crippen molar-refractivity contribution in [3.05, 3.63) is 46.8 Å². The van der Waals surface area contributed by atoms with Crippen molar-refractivity contribution in [2.24, 2.45) is 11.5 Å².